The second-order valence-electron chi connectivity index (χ2n) is 4.80. The number of ether oxygens (including phenoxy) is 1. The van der Waals surface area contributed by atoms with E-state index in [1.807, 2.05) is 19.1 Å². The summed E-state index contributed by atoms with van der Waals surface area (Å²) in [7, 11) is 0. The Hall–Kier alpha value is -1.55. The van der Waals surface area contributed by atoms with Crippen molar-refractivity contribution < 1.29 is 9.53 Å². The number of likely N-dealkylation sites (N-methyl/N-ethyl adjacent to an activating group) is 1. The van der Waals surface area contributed by atoms with Crippen LogP contribution in [0.3, 0.4) is 0 Å². The molecule has 0 fully saturated rings. The number of nitrogens with two attached hydrogens (primary N) is 1. The number of rotatable bonds is 3. The van der Waals surface area contributed by atoms with E-state index in [0.717, 1.165) is 24.5 Å². The molecule has 1 heterocycles. The van der Waals surface area contributed by atoms with Crippen molar-refractivity contribution in [3.8, 4) is 5.75 Å². The molecule has 0 amide bonds. The number of nitrogens with zero attached hydrogens (tertiary/aromatic N) is 1. The van der Waals surface area contributed by atoms with Crippen molar-refractivity contribution in [1.82, 2.24) is 0 Å². The van der Waals surface area contributed by atoms with Gasteiger partial charge in [0.2, 0.25) is 0 Å². The minimum Gasteiger partial charge on any atom is -0.487 e. The Morgan fingerprint density at radius 1 is 1.61 bits per heavy atom. The molecule has 2 atom stereocenters. The minimum atomic E-state index is -0.471. The van der Waals surface area contributed by atoms with Gasteiger partial charge in [0.05, 0.1) is 18.3 Å². The highest BCUT2D eigenvalue weighted by Gasteiger charge is 2.23. The number of hydrogen-bond acceptors (Lipinski definition) is 4. The van der Waals surface area contributed by atoms with Crippen molar-refractivity contribution >= 4 is 11.5 Å². The van der Waals surface area contributed by atoms with Crippen LogP contribution in [0.4, 0.5) is 5.69 Å². The van der Waals surface area contributed by atoms with Crippen molar-refractivity contribution in [1.29, 1.82) is 0 Å². The quantitative estimate of drug-likeness (QED) is 0.829. The fraction of sp³-hybridized carbons (Fsp3) is 0.500. The molecule has 1 aliphatic rings. The molecule has 0 spiro atoms. The fourth-order valence-corrected chi connectivity index (χ4v) is 2.24. The first-order valence-corrected chi connectivity index (χ1v) is 6.38. The lowest BCUT2D eigenvalue weighted by Gasteiger charge is -2.34. The second kappa shape index (κ2) is 4.98. The summed E-state index contributed by atoms with van der Waals surface area (Å²) in [4.78, 5) is 14.1. The summed E-state index contributed by atoms with van der Waals surface area (Å²) in [6, 6.07) is 5.07. The average Bonchev–Trinajstić information content (AvgIpc) is 2.36. The molecule has 2 unspecified atom stereocenters. The van der Waals surface area contributed by atoms with Crippen LogP contribution < -0.4 is 15.4 Å². The average molecular weight is 248 g/mol. The summed E-state index contributed by atoms with van der Waals surface area (Å²) in [5, 5.41) is 0. The number of carbonyl (C=O) groups excluding carboxylic acids is 1. The molecule has 0 bridgehead atoms. The molecule has 4 nitrogen and oxygen atoms in total. The van der Waals surface area contributed by atoms with Gasteiger partial charge in [-0.3, -0.25) is 4.79 Å². The van der Waals surface area contributed by atoms with Gasteiger partial charge in [0.25, 0.3) is 0 Å². The van der Waals surface area contributed by atoms with E-state index in [-0.39, 0.29) is 11.9 Å². The third-order valence-electron chi connectivity index (χ3n) is 3.19. The molecule has 1 aromatic carbocycles. The Bertz CT molecular complexity index is 457. The Morgan fingerprint density at radius 3 is 2.94 bits per heavy atom. The number of anilines is 1. The summed E-state index contributed by atoms with van der Waals surface area (Å²) in [6.07, 6.45) is 0.174. The van der Waals surface area contributed by atoms with Crippen molar-refractivity contribution in [2.24, 2.45) is 5.73 Å². The first kappa shape index (κ1) is 12.9. The van der Waals surface area contributed by atoms with E-state index in [2.05, 4.69) is 11.8 Å². The van der Waals surface area contributed by atoms with Crippen LogP contribution in [-0.2, 0) is 0 Å². The van der Waals surface area contributed by atoms with E-state index in [1.54, 1.807) is 13.0 Å². The summed E-state index contributed by atoms with van der Waals surface area (Å²) in [5.41, 5.74) is 7.28. The molecular weight excluding hydrogens is 228 g/mol. The van der Waals surface area contributed by atoms with Gasteiger partial charge >= 0.3 is 0 Å². The van der Waals surface area contributed by atoms with Crippen LogP contribution in [-0.4, -0.2) is 31.0 Å². The van der Waals surface area contributed by atoms with Gasteiger partial charge in [0.1, 0.15) is 11.9 Å². The molecule has 0 radical (unpaired) electrons. The predicted octanol–water partition coefficient (Wildman–Crippen LogP) is 1.82. The molecular formula is C14H20N2O2. The van der Waals surface area contributed by atoms with Crippen molar-refractivity contribution in [2.75, 3.05) is 18.0 Å². The molecule has 2 rings (SSSR count). The summed E-state index contributed by atoms with van der Waals surface area (Å²) >= 11 is 0. The van der Waals surface area contributed by atoms with Gasteiger partial charge in [-0.15, -0.1) is 0 Å². The standard InChI is InChI=1S/C14H20N2O2/c1-4-16-8-9(2)18-13-6-5-11(7-12(13)16)14(17)10(3)15/h5-7,9-10H,4,8,15H2,1-3H3. The van der Waals surface area contributed by atoms with E-state index in [9.17, 15) is 4.79 Å². The van der Waals surface area contributed by atoms with Crippen LogP contribution in [0.1, 0.15) is 31.1 Å². The molecule has 0 saturated heterocycles. The minimum absolute atomic E-state index is 0.0347. The van der Waals surface area contributed by atoms with Crippen LogP contribution in [0.25, 0.3) is 0 Å². The van der Waals surface area contributed by atoms with Crippen molar-refractivity contribution in [3.05, 3.63) is 23.8 Å². The van der Waals surface area contributed by atoms with Gasteiger partial charge in [0.15, 0.2) is 5.78 Å². The Morgan fingerprint density at radius 2 is 2.33 bits per heavy atom. The van der Waals surface area contributed by atoms with Crippen LogP contribution in [0.2, 0.25) is 0 Å². The van der Waals surface area contributed by atoms with Gasteiger partial charge in [-0.05, 0) is 39.0 Å². The lowest BCUT2D eigenvalue weighted by atomic mass is 10.0. The largest absolute Gasteiger partial charge is 0.487 e. The summed E-state index contributed by atoms with van der Waals surface area (Å²) < 4.78 is 5.77. The maximum Gasteiger partial charge on any atom is 0.179 e. The molecule has 0 aliphatic carbocycles. The first-order valence-electron chi connectivity index (χ1n) is 6.38. The van der Waals surface area contributed by atoms with Crippen LogP contribution in [0.5, 0.6) is 5.75 Å². The molecule has 4 heteroatoms. The third-order valence-corrected chi connectivity index (χ3v) is 3.19. The van der Waals surface area contributed by atoms with Crippen molar-refractivity contribution in [2.45, 2.75) is 32.9 Å². The summed E-state index contributed by atoms with van der Waals surface area (Å²) in [5.74, 6) is 0.810. The Balaban J connectivity index is 2.38. The van der Waals surface area contributed by atoms with Gasteiger partial charge in [0, 0.05) is 12.1 Å². The highest BCUT2D eigenvalue weighted by molar-refractivity contribution is 6.00. The lowest BCUT2D eigenvalue weighted by Crippen LogP contribution is -2.38. The topological polar surface area (TPSA) is 55.6 Å². The van der Waals surface area contributed by atoms with E-state index in [1.165, 1.54) is 0 Å². The predicted molar refractivity (Wildman–Crippen MR) is 72.4 cm³/mol. The molecule has 18 heavy (non-hydrogen) atoms. The lowest BCUT2D eigenvalue weighted by molar-refractivity contribution is 0.0968. The van der Waals surface area contributed by atoms with E-state index < -0.39 is 6.04 Å². The molecule has 1 aromatic rings. The molecule has 0 aromatic heterocycles. The monoisotopic (exact) mass is 248 g/mol. The van der Waals surface area contributed by atoms with E-state index in [0.29, 0.717) is 5.56 Å². The summed E-state index contributed by atoms with van der Waals surface area (Å²) in [6.45, 7) is 7.60. The van der Waals surface area contributed by atoms with Gasteiger partial charge in [-0.1, -0.05) is 0 Å². The molecule has 98 valence electrons. The Labute approximate surface area is 108 Å². The van der Waals surface area contributed by atoms with E-state index >= 15 is 0 Å². The number of carbonyl (C=O) groups is 1. The number of hydrogen-bond donors (Lipinski definition) is 1. The van der Waals surface area contributed by atoms with E-state index in [4.69, 9.17) is 10.5 Å². The normalized spacial score (nSPS) is 20.0. The Kier molecular flexibility index (Phi) is 3.57. The zero-order valence-corrected chi connectivity index (χ0v) is 11.1. The zero-order chi connectivity index (χ0) is 13.3. The zero-order valence-electron chi connectivity index (χ0n) is 11.1. The molecule has 0 saturated carbocycles. The molecule has 2 N–H and O–H groups in total. The fourth-order valence-electron chi connectivity index (χ4n) is 2.24. The SMILES string of the molecule is CCN1CC(C)Oc2ccc(C(=O)C(C)N)cc21. The first-order chi connectivity index (χ1) is 8.52. The highest BCUT2D eigenvalue weighted by atomic mass is 16.5. The smallest absolute Gasteiger partial charge is 0.179 e. The third kappa shape index (κ3) is 2.34. The number of Topliss-reactive ketones (excluding diaryl/α,β-unsaturated/α-hetero) is 1. The van der Waals surface area contributed by atoms with Gasteiger partial charge < -0.3 is 15.4 Å². The van der Waals surface area contributed by atoms with Crippen molar-refractivity contribution in [3.63, 3.8) is 0 Å². The van der Waals surface area contributed by atoms with Crippen LogP contribution in [0.15, 0.2) is 18.2 Å². The maximum absolute atomic E-state index is 11.9. The van der Waals surface area contributed by atoms with Gasteiger partial charge in [-0.25, -0.2) is 0 Å². The number of benzene rings is 1. The second-order valence-corrected chi connectivity index (χ2v) is 4.80. The van der Waals surface area contributed by atoms with Crippen LogP contribution >= 0.6 is 0 Å². The number of ketones is 1. The molecule has 1 aliphatic heterocycles. The van der Waals surface area contributed by atoms with Crippen LogP contribution in [0, 0.1) is 0 Å². The van der Waals surface area contributed by atoms with Gasteiger partial charge in [-0.2, -0.15) is 0 Å². The highest BCUT2D eigenvalue weighted by Crippen LogP contribution is 2.34. The maximum atomic E-state index is 11.9. The number of fused-ring (bicyclic) bond motifs is 1.